The fourth-order valence-corrected chi connectivity index (χ4v) is 5.80. The van der Waals surface area contributed by atoms with Crippen molar-refractivity contribution in [1.29, 1.82) is 0 Å². The first-order chi connectivity index (χ1) is 14.8. The molecule has 1 atom stereocenters. The van der Waals surface area contributed by atoms with Gasteiger partial charge in [0.1, 0.15) is 0 Å². The molecule has 2 fully saturated rings. The number of anilines is 2. The van der Waals surface area contributed by atoms with E-state index in [4.69, 9.17) is 5.73 Å². The van der Waals surface area contributed by atoms with Gasteiger partial charge in [-0.25, -0.2) is 8.42 Å². The molecular formula is C22H26N4O4S. The minimum atomic E-state index is -3.25. The Morgan fingerprint density at radius 3 is 2.52 bits per heavy atom. The molecule has 0 spiro atoms. The molecule has 4 rings (SSSR count). The molecule has 0 aromatic heterocycles. The van der Waals surface area contributed by atoms with Gasteiger partial charge in [0.25, 0.3) is 5.91 Å². The van der Waals surface area contributed by atoms with Gasteiger partial charge in [-0.15, -0.1) is 0 Å². The summed E-state index contributed by atoms with van der Waals surface area (Å²) in [5.41, 5.74) is 8.15. The highest BCUT2D eigenvalue weighted by Crippen LogP contribution is 2.25. The highest BCUT2D eigenvalue weighted by Gasteiger charge is 2.29. The quantitative estimate of drug-likeness (QED) is 0.710. The van der Waals surface area contributed by atoms with Gasteiger partial charge in [-0.3, -0.25) is 18.8 Å². The van der Waals surface area contributed by atoms with Crippen molar-refractivity contribution in [2.45, 2.75) is 31.8 Å². The maximum Gasteiger partial charge on any atom is 0.255 e. The number of nitrogens with two attached hydrogens (primary N) is 1. The first-order valence-electron chi connectivity index (χ1n) is 10.4. The maximum absolute atomic E-state index is 12.7. The Morgan fingerprint density at radius 2 is 1.84 bits per heavy atom. The Labute approximate surface area is 182 Å². The topological polar surface area (TPSA) is 113 Å². The van der Waals surface area contributed by atoms with Crippen molar-refractivity contribution < 1.29 is 18.0 Å². The summed E-state index contributed by atoms with van der Waals surface area (Å²) in [6.07, 6.45) is 2.33. The lowest BCUT2D eigenvalue weighted by Crippen LogP contribution is -2.39. The average Bonchev–Trinajstić information content (AvgIpc) is 3.34. The van der Waals surface area contributed by atoms with Gasteiger partial charge in [-0.1, -0.05) is 12.1 Å². The van der Waals surface area contributed by atoms with Gasteiger partial charge in [-0.05, 0) is 67.8 Å². The SMILES string of the molecule is NC(=O)C1CCCN1Cc1cccc(NC(=O)c2ccc(N3CCCS3(=O)=O)cc2)c1. The van der Waals surface area contributed by atoms with E-state index in [2.05, 4.69) is 10.2 Å². The standard InChI is InChI=1S/C22H26N4O4S/c23-21(27)20-6-2-11-25(20)15-16-4-1-5-18(14-16)24-22(28)17-7-9-19(10-8-17)26-12-3-13-31(26,29)30/h1,4-5,7-10,14,20H,2-3,6,11-13,15H2,(H2,23,27)(H,24,28). The van der Waals surface area contributed by atoms with Crippen molar-refractivity contribution in [3.05, 3.63) is 59.7 Å². The molecule has 164 valence electrons. The number of rotatable bonds is 6. The normalized spacial score (nSPS) is 20.6. The lowest BCUT2D eigenvalue weighted by atomic mass is 10.1. The lowest BCUT2D eigenvalue weighted by Gasteiger charge is -2.22. The first kappa shape index (κ1) is 21.3. The van der Waals surface area contributed by atoms with E-state index >= 15 is 0 Å². The van der Waals surface area contributed by atoms with Crippen LogP contribution < -0.4 is 15.4 Å². The second kappa shape index (κ2) is 8.68. The number of amides is 2. The third-order valence-corrected chi connectivity index (χ3v) is 7.65. The van der Waals surface area contributed by atoms with Crippen molar-refractivity contribution in [1.82, 2.24) is 4.90 Å². The third-order valence-electron chi connectivity index (χ3n) is 5.78. The monoisotopic (exact) mass is 442 g/mol. The van der Waals surface area contributed by atoms with Crippen LogP contribution in [0.5, 0.6) is 0 Å². The molecular weight excluding hydrogens is 416 g/mol. The Bertz CT molecular complexity index is 1080. The second-order valence-corrected chi connectivity index (χ2v) is 9.99. The van der Waals surface area contributed by atoms with Crippen molar-refractivity contribution in [3.63, 3.8) is 0 Å². The lowest BCUT2D eigenvalue weighted by molar-refractivity contribution is -0.122. The van der Waals surface area contributed by atoms with Gasteiger partial charge in [0.15, 0.2) is 0 Å². The zero-order chi connectivity index (χ0) is 22.0. The van der Waals surface area contributed by atoms with Crippen molar-refractivity contribution in [3.8, 4) is 0 Å². The Balaban J connectivity index is 1.42. The van der Waals surface area contributed by atoms with E-state index in [0.29, 0.717) is 36.4 Å². The Kier molecular flexibility index (Phi) is 5.97. The first-order valence-corrected chi connectivity index (χ1v) is 12.0. The zero-order valence-electron chi connectivity index (χ0n) is 17.2. The molecule has 3 N–H and O–H groups in total. The number of hydrogen-bond acceptors (Lipinski definition) is 5. The van der Waals surface area contributed by atoms with Crippen LogP contribution >= 0.6 is 0 Å². The van der Waals surface area contributed by atoms with E-state index in [1.54, 1.807) is 24.3 Å². The zero-order valence-corrected chi connectivity index (χ0v) is 18.0. The smallest absolute Gasteiger partial charge is 0.255 e. The van der Waals surface area contributed by atoms with Gasteiger partial charge in [0.05, 0.1) is 17.5 Å². The fraction of sp³-hybridized carbons (Fsp3) is 0.364. The highest BCUT2D eigenvalue weighted by molar-refractivity contribution is 7.93. The number of sulfonamides is 1. The second-order valence-electron chi connectivity index (χ2n) is 7.97. The van der Waals surface area contributed by atoms with Crippen LogP contribution in [0.25, 0.3) is 0 Å². The molecule has 2 aromatic rings. The summed E-state index contributed by atoms with van der Waals surface area (Å²) in [5.74, 6) is -0.417. The molecule has 2 amide bonds. The summed E-state index contributed by atoms with van der Waals surface area (Å²) in [5, 5.41) is 2.88. The third kappa shape index (κ3) is 4.72. The van der Waals surface area contributed by atoms with Crippen LogP contribution in [0, 0.1) is 0 Å². The van der Waals surface area contributed by atoms with E-state index in [1.165, 1.54) is 4.31 Å². The summed E-state index contributed by atoms with van der Waals surface area (Å²) in [6.45, 7) is 1.88. The summed E-state index contributed by atoms with van der Waals surface area (Å²) in [4.78, 5) is 26.3. The molecule has 2 aliphatic rings. The molecule has 31 heavy (non-hydrogen) atoms. The van der Waals surface area contributed by atoms with Gasteiger partial charge >= 0.3 is 0 Å². The van der Waals surface area contributed by atoms with Crippen LogP contribution in [-0.2, 0) is 21.4 Å². The number of hydrogen-bond donors (Lipinski definition) is 2. The number of likely N-dealkylation sites (tertiary alicyclic amines) is 1. The van der Waals surface area contributed by atoms with Crippen molar-refractivity contribution in [2.24, 2.45) is 5.73 Å². The van der Waals surface area contributed by atoms with E-state index in [1.807, 2.05) is 24.3 Å². The molecule has 0 radical (unpaired) electrons. The van der Waals surface area contributed by atoms with Crippen LogP contribution in [0.2, 0.25) is 0 Å². The predicted molar refractivity (Wildman–Crippen MR) is 119 cm³/mol. The predicted octanol–water partition coefficient (Wildman–Crippen LogP) is 1.93. The van der Waals surface area contributed by atoms with Crippen LogP contribution in [0.1, 0.15) is 35.2 Å². The molecule has 9 heteroatoms. The molecule has 1 unspecified atom stereocenters. The van der Waals surface area contributed by atoms with Gasteiger partial charge < -0.3 is 11.1 Å². The average molecular weight is 443 g/mol. The molecule has 0 bridgehead atoms. The summed E-state index contributed by atoms with van der Waals surface area (Å²) < 4.78 is 25.5. The van der Waals surface area contributed by atoms with E-state index < -0.39 is 10.0 Å². The number of primary amides is 1. The minimum absolute atomic E-state index is 0.156. The minimum Gasteiger partial charge on any atom is -0.368 e. The van der Waals surface area contributed by atoms with E-state index in [0.717, 1.165) is 24.9 Å². The summed E-state index contributed by atoms with van der Waals surface area (Å²) in [6, 6.07) is 13.8. The highest BCUT2D eigenvalue weighted by atomic mass is 32.2. The largest absolute Gasteiger partial charge is 0.368 e. The number of benzene rings is 2. The molecule has 2 aromatic carbocycles. The van der Waals surface area contributed by atoms with Crippen molar-refractivity contribution >= 4 is 33.2 Å². The summed E-state index contributed by atoms with van der Waals surface area (Å²) in [7, 11) is -3.25. The van der Waals surface area contributed by atoms with E-state index in [-0.39, 0.29) is 23.6 Å². The number of carbonyl (C=O) groups excluding carboxylic acids is 2. The molecule has 8 nitrogen and oxygen atoms in total. The number of nitrogens with zero attached hydrogens (tertiary/aromatic N) is 2. The Hall–Kier alpha value is -2.91. The van der Waals surface area contributed by atoms with E-state index in [9.17, 15) is 18.0 Å². The van der Waals surface area contributed by atoms with Crippen LogP contribution in [0.4, 0.5) is 11.4 Å². The Morgan fingerprint density at radius 1 is 1.06 bits per heavy atom. The van der Waals surface area contributed by atoms with Crippen LogP contribution in [0.15, 0.2) is 48.5 Å². The van der Waals surface area contributed by atoms with Crippen molar-refractivity contribution in [2.75, 3.05) is 28.5 Å². The number of nitrogens with one attached hydrogen (secondary N) is 1. The van der Waals surface area contributed by atoms with Crippen LogP contribution in [0.3, 0.4) is 0 Å². The fourth-order valence-electron chi connectivity index (χ4n) is 4.23. The molecule has 2 saturated heterocycles. The molecule has 0 aliphatic carbocycles. The van der Waals surface area contributed by atoms with Gasteiger partial charge in [0, 0.05) is 24.3 Å². The van der Waals surface area contributed by atoms with Gasteiger partial charge in [-0.2, -0.15) is 0 Å². The van der Waals surface area contributed by atoms with Gasteiger partial charge in [0.2, 0.25) is 15.9 Å². The number of carbonyl (C=O) groups is 2. The maximum atomic E-state index is 12.7. The van der Waals surface area contributed by atoms with Crippen LogP contribution in [-0.4, -0.2) is 50.0 Å². The molecule has 2 heterocycles. The molecule has 0 saturated carbocycles. The molecule has 2 aliphatic heterocycles. The summed E-state index contributed by atoms with van der Waals surface area (Å²) >= 11 is 0.